The first-order chi connectivity index (χ1) is 18.0. The van der Waals surface area contributed by atoms with Crippen molar-refractivity contribution in [3.8, 4) is 17.1 Å². The van der Waals surface area contributed by atoms with Crippen LogP contribution in [0.15, 0.2) is 24.3 Å². The summed E-state index contributed by atoms with van der Waals surface area (Å²) in [6.45, 7) is 6.87. The van der Waals surface area contributed by atoms with Crippen molar-refractivity contribution in [2.24, 2.45) is 0 Å². The summed E-state index contributed by atoms with van der Waals surface area (Å²) in [6, 6.07) is 8.40. The first-order valence-electron chi connectivity index (χ1n) is 13.0. The number of nitrogens with two attached hydrogens (primary N) is 1. The molecule has 0 bridgehead atoms. The summed E-state index contributed by atoms with van der Waals surface area (Å²) >= 11 is 1.41. The number of likely N-dealkylation sites (tertiary alicyclic amines) is 1. The van der Waals surface area contributed by atoms with E-state index in [1.807, 2.05) is 31.2 Å². The van der Waals surface area contributed by atoms with E-state index in [1.54, 1.807) is 0 Å². The van der Waals surface area contributed by atoms with Crippen molar-refractivity contribution >= 4 is 43.4 Å². The third-order valence-corrected chi connectivity index (χ3v) is 8.40. The van der Waals surface area contributed by atoms with E-state index >= 15 is 4.39 Å². The molecule has 2 aromatic heterocycles. The predicted molar refractivity (Wildman–Crippen MR) is 148 cm³/mol. The van der Waals surface area contributed by atoms with Gasteiger partial charge in [0.05, 0.1) is 10.2 Å². The van der Waals surface area contributed by atoms with Crippen LogP contribution < -0.4 is 20.7 Å². The zero-order chi connectivity index (χ0) is 25.5. The Morgan fingerprint density at radius 2 is 2.00 bits per heavy atom. The minimum absolute atomic E-state index is 0.228. The molecule has 0 radical (unpaired) electrons. The average molecular weight is 522 g/mol. The fourth-order valence-corrected chi connectivity index (χ4v) is 6.28. The van der Waals surface area contributed by atoms with Gasteiger partial charge in [-0.05, 0) is 50.6 Å². The van der Waals surface area contributed by atoms with Gasteiger partial charge >= 0.3 is 6.01 Å². The van der Waals surface area contributed by atoms with Gasteiger partial charge in [-0.25, -0.2) is 9.37 Å². The Morgan fingerprint density at radius 1 is 1.16 bits per heavy atom. The van der Waals surface area contributed by atoms with E-state index in [-0.39, 0.29) is 17.3 Å². The molecule has 4 heterocycles. The van der Waals surface area contributed by atoms with E-state index in [2.05, 4.69) is 32.1 Å². The quantitative estimate of drug-likeness (QED) is 0.392. The van der Waals surface area contributed by atoms with Crippen molar-refractivity contribution in [1.82, 2.24) is 25.2 Å². The van der Waals surface area contributed by atoms with Crippen LogP contribution in [-0.2, 0) is 6.42 Å². The van der Waals surface area contributed by atoms with Crippen molar-refractivity contribution in [3.05, 3.63) is 35.6 Å². The van der Waals surface area contributed by atoms with Gasteiger partial charge in [0, 0.05) is 48.7 Å². The summed E-state index contributed by atoms with van der Waals surface area (Å²) in [5, 5.41) is 4.57. The Bertz CT molecular complexity index is 1450. The van der Waals surface area contributed by atoms with E-state index in [9.17, 15) is 0 Å². The van der Waals surface area contributed by atoms with Gasteiger partial charge < -0.3 is 25.6 Å². The first-order valence-corrected chi connectivity index (χ1v) is 13.8. The lowest BCUT2D eigenvalue weighted by Gasteiger charge is -2.30. The highest BCUT2D eigenvalue weighted by molar-refractivity contribution is 7.22. The number of para-hydroxylation sites is 1. The van der Waals surface area contributed by atoms with Gasteiger partial charge in [-0.1, -0.05) is 30.4 Å². The largest absolute Gasteiger partial charge is 0.462 e. The van der Waals surface area contributed by atoms with Crippen LogP contribution in [0.1, 0.15) is 25.3 Å². The van der Waals surface area contributed by atoms with Gasteiger partial charge in [-0.15, -0.1) is 0 Å². The molecule has 0 unspecified atom stereocenters. The molecule has 2 aliphatic rings. The maximum absolute atomic E-state index is 16.6. The van der Waals surface area contributed by atoms with E-state index < -0.39 is 0 Å². The Hall–Kier alpha value is -3.08. The maximum atomic E-state index is 16.6. The number of aromatic nitrogens is 3. The third kappa shape index (κ3) is 4.47. The van der Waals surface area contributed by atoms with Crippen molar-refractivity contribution in [2.75, 3.05) is 57.0 Å². The molecule has 0 spiro atoms. The van der Waals surface area contributed by atoms with E-state index in [4.69, 9.17) is 15.5 Å². The zero-order valence-electron chi connectivity index (χ0n) is 21.3. The van der Waals surface area contributed by atoms with Crippen LogP contribution in [0.5, 0.6) is 6.01 Å². The van der Waals surface area contributed by atoms with Crippen molar-refractivity contribution in [3.63, 3.8) is 0 Å². The van der Waals surface area contributed by atoms with Crippen LogP contribution >= 0.6 is 11.3 Å². The van der Waals surface area contributed by atoms with Gasteiger partial charge in [-0.3, -0.25) is 0 Å². The lowest BCUT2D eigenvalue weighted by molar-refractivity contribution is 0.188. The molecule has 37 heavy (non-hydrogen) atoms. The van der Waals surface area contributed by atoms with Crippen LogP contribution in [0.25, 0.3) is 32.2 Å². The Labute approximate surface area is 219 Å². The molecule has 2 aliphatic heterocycles. The van der Waals surface area contributed by atoms with Crippen molar-refractivity contribution in [2.45, 2.75) is 32.2 Å². The number of anilines is 2. The highest BCUT2D eigenvalue weighted by Gasteiger charge is 2.26. The number of nitrogen functional groups attached to an aromatic ring is 1. The fraction of sp³-hybridized carbons (Fsp3) is 0.444. The molecule has 8 nitrogen and oxygen atoms in total. The van der Waals surface area contributed by atoms with Crippen LogP contribution in [-0.4, -0.2) is 72.3 Å². The zero-order valence-corrected chi connectivity index (χ0v) is 22.1. The van der Waals surface area contributed by atoms with E-state index in [1.165, 1.54) is 11.3 Å². The minimum atomic E-state index is -0.366. The summed E-state index contributed by atoms with van der Waals surface area (Å²) in [5.41, 5.74) is 9.17. The monoisotopic (exact) mass is 521 g/mol. The number of rotatable bonds is 6. The Balaban J connectivity index is 1.52. The molecule has 1 atom stereocenters. The van der Waals surface area contributed by atoms with Crippen LogP contribution in [0.4, 0.5) is 15.3 Å². The summed E-state index contributed by atoms with van der Waals surface area (Å²) in [7, 11) is 2.11. The van der Waals surface area contributed by atoms with Crippen LogP contribution in [0.3, 0.4) is 0 Å². The number of benzene rings is 2. The molecular weight excluding hydrogens is 489 g/mol. The molecule has 3 N–H and O–H groups in total. The second-order valence-corrected chi connectivity index (χ2v) is 10.9. The number of thiazole rings is 1. The highest BCUT2D eigenvalue weighted by atomic mass is 32.1. The maximum Gasteiger partial charge on any atom is 0.319 e. The number of hydrogen-bond donors (Lipinski definition) is 2. The number of likely N-dealkylation sites (N-methyl/N-ethyl adjacent to an activating group) is 1. The first kappa shape index (κ1) is 24.3. The highest BCUT2D eigenvalue weighted by Crippen LogP contribution is 2.40. The molecular formula is C27H32FN7OS. The SMILES string of the molecule is CCc1cc2c(N3CCNCC3)nc(OC[C@@H]3CCCN3C)nc2c(F)c1-c1cccc2sc(N)nc12. The molecule has 0 aliphatic carbocycles. The molecule has 4 aromatic rings. The number of ether oxygens (including phenoxy) is 1. The topological polar surface area (TPSA) is 92.4 Å². The van der Waals surface area contributed by atoms with E-state index in [0.717, 1.165) is 78.1 Å². The lowest BCUT2D eigenvalue weighted by Crippen LogP contribution is -2.44. The predicted octanol–water partition coefficient (Wildman–Crippen LogP) is 4.07. The second-order valence-electron chi connectivity index (χ2n) is 9.83. The smallest absolute Gasteiger partial charge is 0.319 e. The van der Waals surface area contributed by atoms with Gasteiger partial charge in [-0.2, -0.15) is 9.97 Å². The minimum Gasteiger partial charge on any atom is -0.462 e. The number of hydrogen-bond acceptors (Lipinski definition) is 9. The summed E-state index contributed by atoms with van der Waals surface area (Å²) in [6.07, 6.45) is 2.89. The summed E-state index contributed by atoms with van der Waals surface area (Å²) < 4.78 is 23.7. The summed E-state index contributed by atoms with van der Waals surface area (Å²) in [4.78, 5) is 18.5. The second kappa shape index (κ2) is 10.00. The van der Waals surface area contributed by atoms with Crippen LogP contribution in [0.2, 0.25) is 0 Å². The number of aryl methyl sites for hydroxylation is 1. The lowest BCUT2D eigenvalue weighted by atomic mass is 9.94. The van der Waals surface area contributed by atoms with Gasteiger partial charge in [0.15, 0.2) is 10.9 Å². The standard InChI is InChI=1S/C27H32FN7OS/c1-3-16-14-19-24(22(28)21(16)18-7-4-8-20-23(18)31-26(29)37-20)32-27(36-15-17-6-5-11-34(17)2)33-25(19)35-12-9-30-10-13-35/h4,7-8,14,17,30H,3,5-6,9-13,15H2,1-2H3,(H2,29,31)/t17-/m0/s1. The summed E-state index contributed by atoms with van der Waals surface area (Å²) in [5.74, 6) is 0.368. The molecule has 2 aromatic carbocycles. The number of halogens is 1. The van der Waals surface area contributed by atoms with Crippen molar-refractivity contribution < 1.29 is 9.13 Å². The normalized spacial score (nSPS) is 18.8. The van der Waals surface area contributed by atoms with Gasteiger partial charge in [0.25, 0.3) is 0 Å². The molecule has 6 rings (SSSR count). The van der Waals surface area contributed by atoms with E-state index in [0.29, 0.717) is 29.8 Å². The molecule has 0 amide bonds. The Kier molecular flexibility index (Phi) is 6.56. The molecule has 0 saturated carbocycles. The molecule has 2 saturated heterocycles. The number of piperazine rings is 1. The molecule has 10 heteroatoms. The molecule has 194 valence electrons. The average Bonchev–Trinajstić information content (AvgIpc) is 3.51. The molecule has 2 fully saturated rings. The third-order valence-electron chi connectivity index (χ3n) is 7.55. The Morgan fingerprint density at radius 3 is 2.76 bits per heavy atom. The number of nitrogens with one attached hydrogen (secondary N) is 1. The van der Waals surface area contributed by atoms with Crippen molar-refractivity contribution in [1.29, 1.82) is 0 Å². The number of fused-ring (bicyclic) bond motifs is 2. The number of nitrogens with zero attached hydrogens (tertiary/aromatic N) is 5. The fourth-order valence-electron chi connectivity index (χ4n) is 5.52. The van der Waals surface area contributed by atoms with Gasteiger partial charge in [0.1, 0.15) is 17.9 Å². The van der Waals surface area contributed by atoms with Crippen LogP contribution in [0, 0.1) is 5.82 Å². The van der Waals surface area contributed by atoms with Gasteiger partial charge in [0.2, 0.25) is 0 Å².